The number of ether oxygens (including phenoxy) is 1. The summed E-state index contributed by atoms with van der Waals surface area (Å²) in [6.45, 7) is 2.95. The van der Waals surface area contributed by atoms with Crippen LogP contribution in [0, 0.1) is 6.92 Å². The van der Waals surface area contributed by atoms with Crippen LogP contribution in [0.1, 0.15) is 15.9 Å². The van der Waals surface area contributed by atoms with Crippen LogP contribution in [-0.4, -0.2) is 56.8 Å². The monoisotopic (exact) mass is 408 g/mol. The van der Waals surface area contributed by atoms with Gasteiger partial charge in [-0.3, -0.25) is 4.79 Å². The molecule has 0 saturated carbocycles. The lowest BCUT2D eigenvalue weighted by Crippen LogP contribution is -2.50. The number of amides is 1. The summed E-state index contributed by atoms with van der Waals surface area (Å²) in [5, 5.41) is 0.195. The number of hydrogen-bond donors (Lipinski definition) is 0. The molecule has 1 amide bonds. The van der Waals surface area contributed by atoms with E-state index < -0.39 is 10.0 Å². The molecule has 0 aliphatic carbocycles. The maximum absolute atomic E-state index is 12.9. The zero-order valence-corrected chi connectivity index (χ0v) is 16.8. The van der Waals surface area contributed by atoms with E-state index in [4.69, 9.17) is 16.3 Å². The van der Waals surface area contributed by atoms with Crippen LogP contribution in [0.2, 0.25) is 5.02 Å². The fourth-order valence-corrected chi connectivity index (χ4v) is 5.00. The van der Waals surface area contributed by atoms with Crippen molar-refractivity contribution in [2.75, 3.05) is 33.3 Å². The topological polar surface area (TPSA) is 66.9 Å². The Morgan fingerprint density at radius 3 is 2.37 bits per heavy atom. The summed E-state index contributed by atoms with van der Waals surface area (Å²) in [6.07, 6.45) is 0. The molecule has 0 N–H and O–H groups in total. The maximum Gasteiger partial charge on any atom is 0.257 e. The van der Waals surface area contributed by atoms with Gasteiger partial charge in [0.1, 0.15) is 10.6 Å². The van der Waals surface area contributed by atoms with Crippen LogP contribution >= 0.6 is 11.6 Å². The normalized spacial score (nSPS) is 15.6. The number of piperazine rings is 1. The predicted octanol–water partition coefficient (Wildman–Crippen LogP) is 2.80. The van der Waals surface area contributed by atoms with E-state index in [0.29, 0.717) is 24.4 Å². The fraction of sp³-hybridized carbons (Fsp3) is 0.316. The van der Waals surface area contributed by atoms with Crippen LogP contribution in [0.15, 0.2) is 47.4 Å². The first-order valence-corrected chi connectivity index (χ1v) is 10.3. The average molecular weight is 409 g/mol. The van der Waals surface area contributed by atoms with Crippen molar-refractivity contribution in [3.63, 3.8) is 0 Å². The fourth-order valence-electron chi connectivity index (χ4n) is 3.08. The molecule has 0 unspecified atom stereocenters. The van der Waals surface area contributed by atoms with Gasteiger partial charge in [-0.1, -0.05) is 35.4 Å². The number of carbonyl (C=O) groups excluding carboxylic acids is 1. The summed E-state index contributed by atoms with van der Waals surface area (Å²) >= 11 is 6.05. The minimum absolute atomic E-state index is 0.0896. The quantitative estimate of drug-likeness (QED) is 0.780. The van der Waals surface area contributed by atoms with Gasteiger partial charge in [-0.2, -0.15) is 4.31 Å². The Labute approximate surface area is 164 Å². The van der Waals surface area contributed by atoms with Gasteiger partial charge in [0.15, 0.2) is 0 Å². The van der Waals surface area contributed by atoms with Gasteiger partial charge >= 0.3 is 0 Å². The zero-order chi connectivity index (χ0) is 19.6. The van der Waals surface area contributed by atoms with E-state index in [1.165, 1.54) is 17.5 Å². The van der Waals surface area contributed by atoms with Crippen molar-refractivity contribution in [2.24, 2.45) is 0 Å². The van der Waals surface area contributed by atoms with E-state index in [0.717, 1.165) is 5.56 Å². The van der Waals surface area contributed by atoms with Gasteiger partial charge in [-0.25, -0.2) is 8.42 Å². The summed E-state index contributed by atoms with van der Waals surface area (Å²) in [5.41, 5.74) is 1.44. The van der Waals surface area contributed by atoms with E-state index >= 15 is 0 Å². The van der Waals surface area contributed by atoms with Gasteiger partial charge in [0.2, 0.25) is 10.0 Å². The second-order valence-corrected chi connectivity index (χ2v) is 8.64. The van der Waals surface area contributed by atoms with Gasteiger partial charge < -0.3 is 9.64 Å². The lowest BCUT2D eigenvalue weighted by molar-refractivity contribution is 0.0694. The molecule has 1 aliphatic rings. The third-order valence-electron chi connectivity index (χ3n) is 4.57. The highest BCUT2D eigenvalue weighted by Gasteiger charge is 2.32. The van der Waals surface area contributed by atoms with E-state index in [2.05, 4.69) is 0 Å². The van der Waals surface area contributed by atoms with Crippen molar-refractivity contribution in [1.29, 1.82) is 0 Å². The zero-order valence-electron chi connectivity index (χ0n) is 15.2. The van der Waals surface area contributed by atoms with Crippen LogP contribution in [0.25, 0.3) is 0 Å². The third kappa shape index (κ3) is 3.95. The standard InChI is InChI=1S/C19H21ClN2O4S/c1-14-7-8-17(26-2)15(13-14)19(23)21-9-11-22(12-10-21)27(24,25)18-6-4-3-5-16(18)20/h3-8,13H,9-12H2,1-2H3. The van der Waals surface area contributed by atoms with Crippen LogP contribution in [-0.2, 0) is 10.0 Å². The van der Waals surface area contributed by atoms with Crippen molar-refractivity contribution in [2.45, 2.75) is 11.8 Å². The van der Waals surface area contributed by atoms with E-state index in [-0.39, 0.29) is 28.9 Å². The Morgan fingerprint density at radius 1 is 1.07 bits per heavy atom. The van der Waals surface area contributed by atoms with Crippen LogP contribution in [0.4, 0.5) is 0 Å². The van der Waals surface area contributed by atoms with E-state index in [1.54, 1.807) is 35.2 Å². The predicted molar refractivity (Wildman–Crippen MR) is 104 cm³/mol. The number of hydrogen-bond acceptors (Lipinski definition) is 4. The number of benzene rings is 2. The lowest BCUT2D eigenvalue weighted by atomic mass is 10.1. The molecule has 0 bridgehead atoms. The van der Waals surface area contributed by atoms with Gasteiger partial charge in [-0.15, -0.1) is 0 Å². The average Bonchev–Trinajstić information content (AvgIpc) is 2.67. The molecule has 144 valence electrons. The number of aryl methyl sites for hydroxylation is 1. The Hall–Kier alpha value is -2.09. The molecule has 1 aliphatic heterocycles. The smallest absolute Gasteiger partial charge is 0.257 e. The van der Waals surface area contributed by atoms with Crippen molar-refractivity contribution in [1.82, 2.24) is 9.21 Å². The molecule has 2 aromatic carbocycles. The Balaban J connectivity index is 1.75. The first kappa shape index (κ1) is 19.7. The molecular weight excluding hydrogens is 388 g/mol. The third-order valence-corrected chi connectivity index (χ3v) is 6.96. The van der Waals surface area contributed by atoms with Crippen LogP contribution in [0.5, 0.6) is 5.75 Å². The SMILES string of the molecule is COc1ccc(C)cc1C(=O)N1CCN(S(=O)(=O)c2ccccc2Cl)CC1. The first-order chi connectivity index (χ1) is 12.8. The minimum atomic E-state index is -3.69. The first-order valence-electron chi connectivity index (χ1n) is 8.53. The van der Waals surface area contributed by atoms with E-state index in [1.807, 2.05) is 13.0 Å². The van der Waals surface area contributed by atoms with Crippen LogP contribution in [0.3, 0.4) is 0 Å². The minimum Gasteiger partial charge on any atom is -0.496 e. The molecule has 0 spiro atoms. The summed E-state index contributed by atoms with van der Waals surface area (Å²) in [7, 11) is -2.16. The number of sulfonamides is 1. The number of rotatable bonds is 4. The Morgan fingerprint density at radius 2 is 1.74 bits per heavy atom. The lowest BCUT2D eigenvalue weighted by Gasteiger charge is -2.34. The van der Waals surface area contributed by atoms with Gasteiger partial charge in [-0.05, 0) is 31.2 Å². The number of halogens is 1. The highest BCUT2D eigenvalue weighted by Crippen LogP contribution is 2.26. The second kappa shape index (κ2) is 7.88. The summed E-state index contributed by atoms with van der Waals surface area (Å²) in [4.78, 5) is 14.6. The van der Waals surface area contributed by atoms with Crippen LogP contribution < -0.4 is 4.74 Å². The molecule has 2 aromatic rings. The van der Waals surface area contributed by atoms with Gasteiger partial charge in [0.25, 0.3) is 5.91 Å². The molecule has 8 heteroatoms. The Kier molecular flexibility index (Phi) is 5.74. The van der Waals surface area contributed by atoms with Gasteiger partial charge in [0, 0.05) is 26.2 Å². The van der Waals surface area contributed by atoms with Gasteiger partial charge in [0.05, 0.1) is 17.7 Å². The Bertz CT molecular complexity index is 954. The van der Waals surface area contributed by atoms with Crippen molar-refractivity contribution >= 4 is 27.5 Å². The largest absolute Gasteiger partial charge is 0.496 e. The molecule has 0 aromatic heterocycles. The van der Waals surface area contributed by atoms with Crippen molar-refractivity contribution in [3.8, 4) is 5.75 Å². The highest BCUT2D eigenvalue weighted by atomic mass is 35.5. The summed E-state index contributed by atoms with van der Waals surface area (Å²) in [5.74, 6) is 0.349. The van der Waals surface area contributed by atoms with Crippen molar-refractivity contribution < 1.29 is 17.9 Å². The number of carbonyl (C=O) groups is 1. The van der Waals surface area contributed by atoms with Crippen molar-refractivity contribution in [3.05, 3.63) is 58.6 Å². The number of nitrogens with zero attached hydrogens (tertiary/aromatic N) is 2. The molecule has 0 atom stereocenters. The molecule has 1 saturated heterocycles. The molecular formula is C19H21ClN2O4S. The molecule has 1 heterocycles. The molecule has 3 rings (SSSR count). The summed E-state index contributed by atoms with van der Waals surface area (Å²) in [6, 6.07) is 11.8. The second-order valence-electron chi connectivity index (χ2n) is 6.33. The maximum atomic E-state index is 12.9. The molecule has 6 nitrogen and oxygen atoms in total. The molecule has 0 radical (unpaired) electrons. The van der Waals surface area contributed by atoms with E-state index in [9.17, 15) is 13.2 Å². The molecule has 27 heavy (non-hydrogen) atoms. The highest BCUT2D eigenvalue weighted by molar-refractivity contribution is 7.89. The number of methoxy groups -OCH3 is 1. The molecule has 1 fully saturated rings. The summed E-state index contributed by atoms with van der Waals surface area (Å²) < 4.78 is 32.3.